The second-order valence-corrected chi connectivity index (χ2v) is 2.04. The van der Waals surface area contributed by atoms with Crippen molar-refractivity contribution in [2.75, 3.05) is 0 Å². The Labute approximate surface area is 106 Å². The van der Waals surface area contributed by atoms with E-state index in [9.17, 15) is 0 Å². The van der Waals surface area contributed by atoms with Gasteiger partial charge in [0.2, 0.25) is 0 Å². The van der Waals surface area contributed by atoms with E-state index in [2.05, 4.69) is 4.98 Å². The molecule has 0 amide bonds. The van der Waals surface area contributed by atoms with E-state index in [1.807, 2.05) is 0 Å². The number of hydrogen-bond acceptors (Lipinski definition) is 1. The van der Waals surface area contributed by atoms with E-state index in [0.717, 1.165) is 0 Å². The fraction of sp³-hybridized carbons (Fsp3) is 0. The average molecular weight is 188 g/mol. The van der Waals surface area contributed by atoms with Gasteiger partial charge in [0.25, 0.3) is 0 Å². The number of aromatic nitrogens is 1. The topological polar surface area (TPSA) is 12.9 Å². The van der Waals surface area contributed by atoms with Gasteiger partial charge in [0.05, 0.1) is 5.02 Å². The molecule has 44 valence electrons. The summed E-state index contributed by atoms with van der Waals surface area (Å²) in [5.41, 5.74) is 0. The molecule has 1 nitrogen and oxygen atoms in total. The molecule has 0 spiro atoms. The number of pyridine rings is 1. The van der Waals surface area contributed by atoms with Crippen molar-refractivity contribution in [3.63, 3.8) is 0 Å². The van der Waals surface area contributed by atoms with Gasteiger partial charge in [0.15, 0.2) is 0 Å². The zero-order valence-corrected chi connectivity index (χ0v) is 5.45. The molecule has 0 atom stereocenters. The van der Waals surface area contributed by atoms with Crippen LogP contribution in [-0.2, 0) is 0 Å². The van der Waals surface area contributed by atoms with Crippen molar-refractivity contribution in [1.29, 1.82) is 0 Å². The molecule has 1 aromatic rings. The third-order valence-electron chi connectivity index (χ3n) is 0.714. The first-order chi connectivity index (χ1) is 3.80. The van der Waals surface area contributed by atoms with Crippen LogP contribution in [0.5, 0.6) is 0 Å². The monoisotopic (exact) mass is 187 g/mol. The fourth-order valence-corrected chi connectivity index (χ4v) is 0.607. The molecule has 9 heavy (non-hydrogen) atoms. The Hall–Kier alpha value is 1.37. The Morgan fingerprint density at radius 2 is 2.00 bits per heavy atom. The molecule has 0 aliphatic heterocycles. The molecule has 1 heterocycles. The van der Waals surface area contributed by atoms with Crippen molar-refractivity contribution in [1.82, 2.24) is 4.98 Å². The fourth-order valence-electron chi connectivity index (χ4n) is 0.366. The molecule has 0 unspecified atom stereocenters. The van der Waals surface area contributed by atoms with Crippen molar-refractivity contribution in [3.8, 4) is 0 Å². The summed E-state index contributed by atoms with van der Waals surface area (Å²) in [6.07, 6.45) is 1.59. The van der Waals surface area contributed by atoms with Crippen LogP contribution in [0.15, 0.2) is 18.3 Å². The molecule has 0 fully saturated rings. The number of nitrogens with zero attached hydrogens (tertiary/aromatic N) is 1. The summed E-state index contributed by atoms with van der Waals surface area (Å²) in [5, 5.41) is 0.850. The van der Waals surface area contributed by atoms with Gasteiger partial charge < -0.3 is 0 Å². The normalized spacial score (nSPS) is 8.22. The van der Waals surface area contributed by atoms with Crippen molar-refractivity contribution >= 4 is 74.6 Å². The van der Waals surface area contributed by atoms with Gasteiger partial charge in [0.1, 0.15) is 5.15 Å². The molecule has 0 aliphatic rings. The second kappa shape index (κ2) is 5.07. The molecule has 0 aliphatic carbocycles. The Kier molecular flexibility index (Phi) is 5.85. The Morgan fingerprint density at radius 3 is 2.33 bits per heavy atom. The van der Waals surface area contributed by atoms with Crippen molar-refractivity contribution < 1.29 is 0 Å². The molecule has 0 aromatic carbocycles. The Morgan fingerprint density at radius 1 is 1.33 bits per heavy atom. The Bertz CT molecular complexity index is 171. The second-order valence-electron chi connectivity index (χ2n) is 1.28. The van der Waals surface area contributed by atoms with Crippen LogP contribution >= 0.6 is 23.2 Å². The molecular formula is C5H4Cl2KN. The van der Waals surface area contributed by atoms with Crippen molar-refractivity contribution in [2.24, 2.45) is 0 Å². The summed E-state index contributed by atoms with van der Waals surface area (Å²) < 4.78 is 0. The summed E-state index contributed by atoms with van der Waals surface area (Å²) in [5.74, 6) is 0. The minimum absolute atomic E-state index is 0. The van der Waals surface area contributed by atoms with E-state index in [1.54, 1.807) is 18.3 Å². The zero-order chi connectivity index (χ0) is 5.98. The summed E-state index contributed by atoms with van der Waals surface area (Å²) in [7, 11) is 0. The van der Waals surface area contributed by atoms with Crippen LogP contribution in [0.3, 0.4) is 0 Å². The molecule has 4 heteroatoms. The van der Waals surface area contributed by atoms with E-state index in [-0.39, 0.29) is 51.4 Å². The maximum atomic E-state index is 5.51. The van der Waals surface area contributed by atoms with E-state index in [4.69, 9.17) is 23.2 Å². The number of hydrogen-bond donors (Lipinski definition) is 0. The van der Waals surface area contributed by atoms with Crippen LogP contribution in [0.2, 0.25) is 10.2 Å². The quantitative estimate of drug-likeness (QED) is 0.446. The van der Waals surface area contributed by atoms with Gasteiger partial charge in [-0.2, -0.15) is 0 Å². The van der Waals surface area contributed by atoms with E-state index in [0.29, 0.717) is 10.2 Å². The molecule has 0 radical (unpaired) electrons. The SMILES string of the molecule is Clc1cccnc1Cl.[KH]. The first-order valence-corrected chi connectivity index (χ1v) is 2.82. The van der Waals surface area contributed by atoms with Crippen LogP contribution in [0.4, 0.5) is 0 Å². The van der Waals surface area contributed by atoms with E-state index >= 15 is 0 Å². The zero-order valence-electron chi connectivity index (χ0n) is 3.94. The van der Waals surface area contributed by atoms with Gasteiger partial charge >= 0.3 is 51.4 Å². The minimum atomic E-state index is 0. The summed E-state index contributed by atoms with van der Waals surface area (Å²) in [6.45, 7) is 0. The van der Waals surface area contributed by atoms with Crippen LogP contribution < -0.4 is 0 Å². The van der Waals surface area contributed by atoms with Crippen molar-refractivity contribution in [2.45, 2.75) is 0 Å². The molecule has 1 aromatic heterocycles. The van der Waals surface area contributed by atoms with Gasteiger partial charge in [-0.15, -0.1) is 0 Å². The third kappa shape index (κ3) is 3.32. The summed E-state index contributed by atoms with van der Waals surface area (Å²) in [4.78, 5) is 3.71. The van der Waals surface area contributed by atoms with Gasteiger partial charge in [0, 0.05) is 6.20 Å². The van der Waals surface area contributed by atoms with Crippen molar-refractivity contribution in [3.05, 3.63) is 28.5 Å². The van der Waals surface area contributed by atoms with Gasteiger partial charge in [-0.1, -0.05) is 23.2 Å². The molecule has 0 saturated carbocycles. The molecule has 0 saturated heterocycles. The standard InChI is InChI=1S/C5H3Cl2N.K.H/c6-4-2-1-3-8-5(4)7;;/h1-3H;;. The predicted octanol–water partition coefficient (Wildman–Crippen LogP) is 1.74. The molecule has 1 rings (SSSR count). The molecule has 0 N–H and O–H groups in total. The average Bonchev–Trinajstić information content (AvgIpc) is 1.77. The predicted molar refractivity (Wildman–Crippen MR) is 41.4 cm³/mol. The van der Waals surface area contributed by atoms with Crippen LogP contribution in [0.1, 0.15) is 0 Å². The van der Waals surface area contributed by atoms with Crippen LogP contribution in [-0.4, -0.2) is 56.4 Å². The van der Waals surface area contributed by atoms with E-state index in [1.165, 1.54) is 0 Å². The van der Waals surface area contributed by atoms with Crippen LogP contribution in [0, 0.1) is 0 Å². The first kappa shape index (κ1) is 10.4. The molecular weight excluding hydrogens is 184 g/mol. The maximum absolute atomic E-state index is 5.51. The van der Waals surface area contributed by atoms with E-state index < -0.39 is 0 Å². The van der Waals surface area contributed by atoms with Gasteiger partial charge in [-0.05, 0) is 12.1 Å². The molecule has 0 bridgehead atoms. The first-order valence-electron chi connectivity index (χ1n) is 2.07. The van der Waals surface area contributed by atoms with Gasteiger partial charge in [-0.3, -0.25) is 0 Å². The van der Waals surface area contributed by atoms with Gasteiger partial charge in [-0.25, -0.2) is 4.98 Å². The Balaban J connectivity index is 0.000000640. The number of rotatable bonds is 0. The third-order valence-corrected chi connectivity index (χ3v) is 1.42. The summed E-state index contributed by atoms with van der Waals surface area (Å²) >= 11 is 11.0. The summed E-state index contributed by atoms with van der Waals surface area (Å²) in [6, 6.07) is 3.42. The van der Waals surface area contributed by atoms with Crippen LogP contribution in [0.25, 0.3) is 0 Å². The number of halogens is 2.